The monoisotopic (exact) mass is 429 g/mol. The average molecular weight is 430 g/mol. The van der Waals surface area contributed by atoms with E-state index in [4.69, 9.17) is 4.98 Å². The number of fused-ring (bicyclic) bond motifs is 1. The van der Waals surface area contributed by atoms with Crippen molar-refractivity contribution in [2.75, 3.05) is 0 Å². The Bertz CT molecular complexity index is 1330. The number of thioether (sulfide) groups is 1. The number of halogens is 1. The quantitative estimate of drug-likeness (QED) is 0.340. The van der Waals surface area contributed by atoms with Crippen LogP contribution in [0.3, 0.4) is 0 Å². The number of rotatable bonds is 6. The second-order valence-electron chi connectivity index (χ2n) is 7.38. The molecule has 0 atom stereocenters. The second kappa shape index (κ2) is 8.35. The molecule has 0 spiro atoms. The molecule has 0 unspecified atom stereocenters. The molecule has 7 heteroatoms. The minimum atomic E-state index is -0.269. The molecule has 0 amide bonds. The van der Waals surface area contributed by atoms with Crippen LogP contribution in [0.4, 0.5) is 4.39 Å². The Morgan fingerprint density at radius 2 is 1.71 bits per heavy atom. The molecule has 3 heterocycles. The van der Waals surface area contributed by atoms with Gasteiger partial charge < -0.3 is 4.40 Å². The van der Waals surface area contributed by atoms with Gasteiger partial charge in [-0.2, -0.15) is 0 Å². The molecule has 0 saturated carbocycles. The van der Waals surface area contributed by atoms with Crippen LogP contribution < -0.4 is 0 Å². The van der Waals surface area contributed by atoms with Crippen molar-refractivity contribution in [1.82, 2.24) is 24.1 Å². The van der Waals surface area contributed by atoms with Crippen LogP contribution in [0.5, 0.6) is 0 Å². The Labute approximate surface area is 183 Å². The molecule has 0 fully saturated rings. The van der Waals surface area contributed by atoms with Gasteiger partial charge in [-0.25, -0.2) is 9.37 Å². The smallest absolute Gasteiger partial charge is 0.192 e. The second-order valence-corrected chi connectivity index (χ2v) is 8.32. The van der Waals surface area contributed by atoms with Crippen molar-refractivity contribution in [1.29, 1.82) is 0 Å². The van der Waals surface area contributed by atoms with Crippen LogP contribution in [0.15, 0.2) is 84.3 Å². The van der Waals surface area contributed by atoms with Gasteiger partial charge in [-0.15, -0.1) is 10.2 Å². The molecule has 0 aliphatic heterocycles. The van der Waals surface area contributed by atoms with Crippen LogP contribution in [0.25, 0.3) is 17.0 Å². The summed E-state index contributed by atoms with van der Waals surface area (Å²) in [5.41, 5.74) is 5.08. The minimum absolute atomic E-state index is 0.269. The maximum Gasteiger partial charge on any atom is 0.192 e. The van der Waals surface area contributed by atoms with E-state index in [2.05, 4.69) is 46.1 Å². The van der Waals surface area contributed by atoms with Crippen molar-refractivity contribution >= 4 is 17.4 Å². The molecule has 2 aromatic carbocycles. The molecule has 0 N–H and O–H groups in total. The number of aromatic nitrogens is 5. The average Bonchev–Trinajstić information content (AvgIpc) is 3.37. The standard InChI is InChI=1S/C24H20FN5S/c1-17-7-12-22-26-21(15-29(22)13-17)16-31-24-28-27-23(19-8-10-20(25)11-9-19)30(24)14-18-5-3-2-4-6-18/h2-13,15H,14,16H2,1H3. The van der Waals surface area contributed by atoms with Crippen LogP contribution in [-0.2, 0) is 12.3 Å². The molecule has 3 aromatic heterocycles. The van der Waals surface area contributed by atoms with E-state index in [0.29, 0.717) is 12.3 Å². The third-order valence-corrected chi connectivity index (χ3v) is 6.00. The maximum absolute atomic E-state index is 13.4. The molecular weight excluding hydrogens is 409 g/mol. The lowest BCUT2D eigenvalue weighted by Crippen LogP contribution is -2.04. The first-order valence-electron chi connectivity index (χ1n) is 9.96. The first-order valence-corrected chi connectivity index (χ1v) is 10.9. The summed E-state index contributed by atoms with van der Waals surface area (Å²) in [6, 6.07) is 20.6. The van der Waals surface area contributed by atoms with Gasteiger partial charge in [0.2, 0.25) is 0 Å². The van der Waals surface area contributed by atoms with E-state index in [1.807, 2.05) is 34.9 Å². The first kappa shape index (κ1) is 19.5. The van der Waals surface area contributed by atoms with Gasteiger partial charge in [-0.3, -0.25) is 4.57 Å². The van der Waals surface area contributed by atoms with Gasteiger partial charge in [-0.05, 0) is 48.4 Å². The lowest BCUT2D eigenvalue weighted by molar-refractivity contribution is 0.628. The van der Waals surface area contributed by atoms with Crippen molar-refractivity contribution in [2.24, 2.45) is 0 Å². The number of hydrogen-bond acceptors (Lipinski definition) is 4. The summed E-state index contributed by atoms with van der Waals surface area (Å²) in [7, 11) is 0. The number of imidazole rings is 1. The zero-order valence-electron chi connectivity index (χ0n) is 16.9. The van der Waals surface area contributed by atoms with Gasteiger partial charge in [-0.1, -0.05) is 48.2 Å². The Morgan fingerprint density at radius 1 is 0.903 bits per heavy atom. The SMILES string of the molecule is Cc1ccc2nc(CSc3nnc(-c4ccc(F)cc4)n3Cc3ccccc3)cn2c1. The Kier molecular flexibility index (Phi) is 5.26. The summed E-state index contributed by atoms with van der Waals surface area (Å²) in [6.45, 7) is 2.70. The van der Waals surface area contributed by atoms with Crippen LogP contribution in [0.2, 0.25) is 0 Å². The van der Waals surface area contributed by atoms with Gasteiger partial charge >= 0.3 is 0 Å². The molecule has 0 aliphatic carbocycles. The predicted molar refractivity (Wildman–Crippen MR) is 120 cm³/mol. The highest BCUT2D eigenvalue weighted by Gasteiger charge is 2.16. The fourth-order valence-electron chi connectivity index (χ4n) is 3.48. The van der Waals surface area contributed by atoms with Crippen LogP contribution in [0, 0.1) is 12.7 Å². The third-order valence-electron chi connectivity index (χ3n) is 5.00. The number of pyridine rings is 1. The molecular formula is C24H20FN5S. The van der Waals surface area contributed by atoms with Crippen molar-refractivity contribution in [3.05, 3.63) is 102 Å². The predicted octanol–water partition coefficient (Wildman–Crippen LogP) is 5.38. The number of aryl methyl sites for hydroxylation is 1. The van der Waals surface area contributed by atoms with Crippen molar-refractivity contribution in [3.8, 4) is 11.4 Å². The molecule has 0 bridgehead atoms. The normalized spacial score (nSPS) is 11.3. The van der Waals surface area contributed by atoms with Crippen molar-refractivity contribution in [2.45, 2.75) is 24.4 Å². The summed E-state index contributed by atoms with van der Waals surface area (Å²) in [4.78, 5) is 4.70. The fourth-order valence-corrected chi connectivity index (χ4v) is 4.30. The largest absolute Gasteiger partial charge is 0.307 e. The highest BCUT2D eigenvalue weighted by molar-refractivity contribution is 7.98. The van der Waals surface area contributed by atoms with E-state index in [1.54, 1.807) is 23.9 Å². The minimum Gasteiger partial charge on any atom is -0.307 e. The zero-order valence-corrected chi connectivity index (χ0v) is 17.8. The summed E-state index contributed by atoms with van der Waals surface area (Å²) >= 11 is 1.60. The Morgan fingerprint density at radius 3 is 2.52 bits per heavy atom. The molecule has 0 radical (unpaired) electrons. The maximum atomic E-state index is 13.4. The van der Waals surface area contributed by atoms with Gasteiger partial charge in [0.15, 0.2) is 11.0 Å². The van der Waals surface area contributed by atoms with Gasteiger partial charge in [0.25, 0.3) is 0 Å². The van der Waals surface area contributed by atoms with Crippen LogP contribution in [-0.4, -0.2) is 24.1 Å². The van der Waals surface area contributed by atoms with E-state index < -0.39 is 0 Å². The summed E-state index contributed by atoms with van der Waals surface area (Å²) < 4.78 is 17.5. The number of benzene rings is 2. The first-order chi connectivity index (χ1) is 15.2. The van der Waals surface area contributed by atoms with E-state index in [1.165, 1.54) is 17.7 Å². The van der Waals surface area contributed by atoms with Gasteiger partial charge in [0, 0.05) is 23.7 Å². The molecule has 31 heavy (non-hydrogen) atoms. The van der Waals surface area contributed by atoms with Crippen molar-refractivity contribution < 1.29 is 4.39 Å². The Hall–Kier alpha value is -3.45. The summed E-state index contributed by atoms with van der Waals surface area (Å²) in [6.07, 6.45) is 4.12. The summed E-state index contributed by atoms with van der Waals surface area (Å²) in [5, 5.41) is 9.67. The molecule has 0 saturated heterocycles. The summed E-state index contributed by atoms with van der Waals surface area (Å²) in [5.74, 6) is 1.13. The van der Waals surface area contributed by atoms with E-state index in [9.17, 15) is 4.39 Å². The third kappa shape index (κ3) is 4.22. The lowest BCUT2D eigenvalue weighted by Gasteiger charge is -2.10. The van der Waals surface area contributed by atoms with Crippen LogP contribution in [0.1, 0.15) is 16.8 Å². The molecule has 5 nitrogen and oxygen atoms in total. The topological polar surface area (TPSA) is 48.0 Å². The molecule has 5 aromatic rings. The molecule has 5 rings (SSSR count). The Balaban J connectivity index is 1.45. The lowest BCUT2D eigenvalue weighted by atomic mass is 10.2. The van der Waals surface area contributed by atoms with E-state index >= 15 is 0 Å². The van der Waals surface area contributed by atoms with E-state index in [-0.39, 0.29) is 5.82 Å². The zero-order chi connectivity index (χ0) is 21.2. The number of hydrogen-bond donors (Lipinski definition) is 0. The van der Waals surface area contributed by atoms with Crippen molar-refractivity contribution in [3.63, 3.8) is 0 Å². The fraction of sp³-hybridized carbons (Fsp3) is 0.125. The van der Waals surface area contributed by atoms with E-state index in [0.717, 1.165) is 33.4 Å². The van der Waals surface area contributed by atoms with Gasteiger partial charge in [0.05, 0.1) is 12.2 Å². The van der Waals surface area contributed by atoms with Crippen LogP contribution >= 0.6 is 11.8 Å². The molecule has 0 aliphatic rings. The number of nitrogens with zero attached hydrogens (tertiary/aromatic N) is 5. The highest BCUT2D eigenvalue weighted by atomic mass is 32.2. The highest BCUT2D eigenvalue weighted by Crippen LogP contribution is 2.27. The van der Waals surface area contributed by atoms with Gasteiger partial charge in [0.1, 0.15) is 11.5 Å². The molecule has 154 valence electrons.